The highest BCUT2D eigenvalue weighted by Gasteiger charge is 2.12. The number of nitrogens with one attached hydrogen (secondary N) is 1. The van der Waals surface area contributed by atoms with E-state index in [0.717, 1.165) is 0 Å². The van der Waals surface area contributed by atoms with Gasteiger partial charge in [-0.1, -0.05) is 0 Å². The lowest BCUT2D eigenvalue weighted by atomic mass is 10.1. The van der Waals surface area contributed by atoms with Crippen molar-refractivity contribution in [2.75, 3.05) is 0 Å². The van der Waals surface area contributed by atoms with Gasteiger partial charge in [0.1, 0.15) is 11.5 Å². The fourth-order valence-electron chi connectivity index (χ4n) is 1.72. The van der Waals surface area contributed by atoms with Gasteiger partial charge < -0.3 is 9.52 Å². The highest BCUT2D eigenvalue weighted by molar-refractivity contribution is 5.75. The van der Waals surface area contributed by atoms with Gasteiger partial charge in [-0.2, -0.15) is 5.21 Å². The topological polar surface area (TPSA) is 105 Å². The van der Waals surface area contributed by atoms with E-state index in [2.05, 4.69) is 20.6 Å². The number of rotatable bonds is 3. The Hall–Kier alpha value is -2.96. The third-order valence-electron chi connectivity index (χ3n) is 2.61. The molecule has 7 heteroatoms. The molecule has 0 saturated heterocycles. The molecule has 2 heterocycles. The van der Waals surface area contributed by atoms with Crippen molar-refractivity contribution in [1.82, 2.24) is 20.6 Å². The summed E-state index contributed by atoms with van der Waals surface area (Å²) < 4.78 is 5.32. The maximum absolute atomic E-state index is 10.6. The zero-order valence-electron chi connectivity index (χ0n) is 9.57. The number of hydrogen-bond acceptors (Lipinski definition) is 6. The van der Waals surface area contributed by atoms with Gasteiger partial charge in [0.2, 0.25) is 5.82 Å². The molecule has 19 heavy (non-hydrogen) atoms. The van der Waals surface area contributed by atoms with Crippen molar-refractivity contribution < 1.29 is 14.3 Å². The minimum Gasteiger partial charge on any atom is -0.507 e. The van der Waals surface area contributed by atoms with Crippen molar-refractivity contribution in [3.8, 4) is 28.5 Å². The molecule has 2 N–H and O–H groups in total. The summed E-state index contributed by atoms with van der Waals surface area (Å²) >= 11 is 0. The van der Waals surface area contributed by atoms with Crippen LogP contribution in [0.15, 0.2) is 34.7 Å². The number of benzene rings is 1. The zero-order chi connectivity index (χ0) is 13.2. The molecule has 0 atom stereocenters. The third kappa shape index (κ3) is 1.97. The maximum Gasteiger partial charge on any atom is 0.208 e. The molecule has 1 aromatic carbocycles. The Morgan fingerprint density at radius 2 is 2.16 bits per heavy atom. The molecule has 0 aliphatic rings. The summed E-state index contributed by atoms with van der Waals surface area (Å²) in [6.07, 6.45) is 0.629. The normalized spacial score (nSPS) is 10.5. The van der Waals surface area contributed by atoms with E-state index in [1.165, 1.54) is 6.07 Å². The quantitative estimate of drug-likeness (QED) is 0.690. The van der Waals surface area contributed by atoms with Gasteiger partial charge in [0.25, 0.3) is 0 Å². The van der Waals surface area contributed by atoms with E-state index >= 15 is 0 Å². The summed E-state index contributed by atoms with van der Waals surface area (Å²) in [5.74, 6) is 1.07. The average Bonchev–Trinajstić information content (AvgIpc) is 3.10. The Kier molecular flexibility index (Phi) is 2.57. The first-order chi connectivity index (χ1) is 9.28. The number of furan rings is 1. The van der Waals surface area contributed by atoms with Crippen LogP contribution in [-0.4, -0.2) is 32.0 Å². The smallest absolute Gasteiger partial charge is 0.208 e. The number of aromatic nitrogens is 4. The molecule has 0 unspecified atom stereocenters. The first-order valence-corrected chi connectivity index (χ1v) is 5.40. The van der Waals surface area contributed by atoms with Gasteiger partial charge in [0.15, 0.2) is 12.0 Å². The lowest BCUT2D eigenvalue weighted by Crippen LogP contribution is -1.84. The summed E-state index contributed by atoms with van der Waals surface area (Å²) in [6.45, 7) is 0. The van der Waals surface area contributed by atoms with E-state index in [1.54, 1.807) is 24.3 Å². The molecule has 0 aliphatic heterocycles. The molecule has 0 aliphatic carbocycles. The zero-order valence-corrected chi connectivity index (χ0v) is 9.57. The first-order valence-electron chi connectivity index (χ1n) is 5.40. The van der Waals surface area contributed by atoms with Crippen LogP contribution in [0.5, 0.6) is 5.75 Å². The van der Waals surface area contributed by atoms with Gasteiger partial charge in [0, 0.05) is 5.56 Å². The summed E-state index contributed by atoms with van der Waals surface area (Å²) in [4.78, 5) is 10.6. The van der Waals surface area contributed by atoms with Crippen LogP contribution in [0.25, 0.3) is 22.7 Å². The molecule has 7 nitrogen and oxygen atoms in total. The number of aromatic amines is 1. The van der Waals surface area contributed by atoms with Crippen molar-refractivity contribution in [3.63, 3.8) is 0 Å². The fraction of sp³-hybridized carbons (Fsp3) is 0. The molecule has 0 bridgehead atoms. The van der Waals surface area contributed by atoms with Gasteiger partial charge in [-0.15, -0.1) is 10.2 Å². The van der Waals surface area contributed by atoms with Crippen LogP contribution in [0.4, 0.5) is 0 Å². The van der Waals surface area contributed by atoms with Crippen LogP contribution in [-0.2, 0) is 0 Å². The minimum absolute atomic E-state index is 0.0346. The van der Waals surface area contributed by atoms with Crippen LogP contribution >= 0.6 is 0 Å². The molecule has 0 saturated carbocycles. The summed E-state index contributed by atoms with van der Waals surface area (Å²) in [5, 5.41) is 23.2. The van der Waals surface area contributed by atoms with Crippen molar-refractivity contribution in [2.24, 2.45) is 0 Å². The van der Waals surface area contributed by atoms with Crippen molar-refractivity contribution >= 4 is 6.29 Å². The fourth-order valence-corrected chi connectivity index (χ4v) is 1.72. The Bertz CT molecular complexity index is 718. The molecule has 0 radical (unpaired) electrons. The molecule has 3 aromatic rings. The number of aromatic hydroxyl groups is 1. The first kappa shape index (κ1) is 11.1. The number of phenolic OH excluding ortho intramolecular Hbond substituents is 1. The van der Waals surface area contributed by atoms with Crippen molar-refractivity contribution in [3.05, 3.63) is 36.1 Å². The average molecular weight is 256 g/mol. The van der Waals surface area contributed by atoms with Gasteiger partial charge in [-0.25, -0.2) is 0 Å². The predicted molar refractivity (Wildman–Crippen MR) is 64.4 cm³/mol. The summed E-state index contributed by atoms with van der Waals surface area (Å²) in [7, 11) is 0. The second-order valence-corrected chi connectivity index (χ2v) is 3.79. The lowest BCUT2D eigenvalue weighted by molar-refractivity contribution is 0.110. The Labute approximate surface area is 106 Å². The number of H-pyrrole nitrogens is 1. The number of phenols is 1. The molecular formula is C12H8N4O3. The summed E-state index contributed by atoms with van der Waals surface area (Å²) in [5.41, 5.74) is 1.13. The molecule has 0 amide bonds. The molecule has 0 fully saturated rings. The standard InChI is InChI=1S/C12H8N4O3/c17-6-8-2-4-11(19-8)7-1-3-10(18)9(5-7)12-13-15-16-14-12/h1-6,18H,(H,13,14,15,16). The molecule has 94 valence electrons. The Morgan fingerprint density at radius 3 is 2.84 bits per heavy atom. The lowest BCUT2D eigenvalue weighted by Gasteiger charge is -2.02. The van der Waals surface area contributed by atoms with Gasteiger partial charge in [-0.3, -0.25) is 4.79 Å². The van der Waals surface area contributed by atoms with E-state index < -0.39 is 0 Å². The van der Waals surface area contributed by atoms with E-state index in [4.69, 9.17) is 4.42 Å². The highest BCUT2D eigenvalue weighted by Crippen LogP contribution is 2.31. The number of tetrazole rings is 1. The highest BCUT2D eigenvalue weighted by atomic mass is 16.3. The van der Waals surface area contributed by atoms with E-state index in [-0.39, 0.29) is 17.3 Å². The molecule has 3 rings (SSSR count). The van der Waals surface area contributed by atoms with Crippen molar-refractivity contribution in [1.29, 1.82) is 0 Å². The molecule has 0 spiro atoms. The minimum atomic E-state index is 0.0346. The van der Waals surface area contributed by atoms with Crippen LogP contribution in [0.3, 0.4) is 0 Å². The molecule has 2 aromatic heterocycles. The predicted octanol–water partition coefficient (Wildman–Crippen LogP) is 1.64. The van der Waals surface area contributed by atoms with E-state index in [1.807, 2.05) is 0 Å². The third-order valence-corrected chi connectivity index (χ3v) is 2.61. The van der Waals surface area contributed by atoms with E-state index in [0.29, 0.717) is 23.2 Å². The van der Waals surface area contributed by atoms with E-state index in [9.17, 15) is 9.90 Å². The van der Waals surface area contributed by atoms with Gasteiger partial charge in [-0.05, 0) is 35.5 Å². The largest absolute Gasteiger partial charge is 0.507 e. The van der Waals surface area contributed by atoms with Gasteiger partial charge >= 0.3 is 0 Å². The Morgan fingerprint density at radius 1 is 1.26 bits per heavy atom. The second-order valence-electron chi connectivity index (χ2n) is 3.79. The van der Waals surface area contributed by atoms with Crippen LogP contribution < -0.4 is 0 Å². The monoisotopic (exact) mass is 256 g/mol. The number of aldehydes is 1. The molecular weight excluding hydrogens is 248 g/mol. The number of carbonyl (C=O) groups is 1. The second kappa shape index (κ2) is 4.37. The SMILES string of the molecule is O=Cc1ccc(-c2ccc(O)c(-c3nn[nH]n3)c2)o1. The number of hydrogen-bond donors (Lipinski definition) is 2. The Balaban J connectivity index is 2.09. The van der Waals surface area contributed by atoms with Crippen LogP contribution in [0.1, 0.15) is 10.6 Å². The number of nitrogens with zero attached hydrogens (tertiary/aromatic N) is 3. The summed E-state index contributed by atoms with van der Waals surface area (Å²) in [6, 6.07) is 8.09. The van der Waals surface area contributed by atoms with Gasteiger partial charge in [0.05, 0.1) is 5.56 Å². The number of carbonyl (C=O) groups excluding carboxylic acids is 1. The maximum atomic E-state index is 10.6. The van der Waals surface area contributed by atoms with Crippen LogP contribution in [0, 0.1) is 0 Å². The van der Waals surface area contributed by atoms with Crippen LogP contribution in [0.2, 0.25) is 0 Å². The van der Waals surface area contributed by atoms with Crippen molar-refractivity contribution in [2.45, 2.75) is 0 Å².